The molecule has 1 fully saturated rings. The average molecular weight is 269 g/mol. The van der Waals surface area contributed by atoms with Gasteiger partial charge in [0.25, 0.3) is 0 Å². The van der Waals surface area contributed by atoms with Crippen LogP contribution in [0.1, 0.15) is 6.42 Å². The van der Waals surface area contributed by atoms with Crippen LogP contribution in [0, 0.1) is 5.92 Å². The van der Waals surface area contributed by atoms with Crippen LogP contribution < -0.4 is 15.4 Å². The van der Waals surface area contributed by atoms with Gasteiger partial charge in [0.2, 0.25) is 5.91 Å². The monoisotopic (exact) mass is 268 g/mol. The molecule has 1 saturated heterocycles. The molecule has 1 aromatic carbocycles. The summed E-state index contributed by atoms with van der Waals surface area (Å²) in [6.45, 7) is 3.09. The number of para-hydroxylation sites is 1. The number of hydrogen-bond acceptors (Lipinski definition) is 3. The van der Waals surface area contributed by atoms with Crippen LogP contribution in [-0.2, 0) is 4.79 Å². The van der Waals surface area contributed by atoms with Crippen molar-refractivity contribution in [2.24, 2.45) is 5.92 Å². The Morgan fingerprint density at radius 1 is 1.44 bits per heavy atom. The highest BCUT2D eigenvalue weighted by atomic mass is 35.5. The zero-order valence-corrected chi connectivity index (χ0v) is 10.9. The Morgan fingerprint density at radius 2 is 2.22 bits per heavy atom. The van der Waals surface area contributed by atoms with Gasteiger partial charge in [0.15, 0.2) is 0 Å². The minimum absolute atomic E-state index is 0.0222. The summed E-state index contributed by atoms with van der Waals surface area (Å²) in [7, 11) is 0. The molecule has 0 aliphatic carbocycles. The van der Waals surface area contributed by atoms with Crippen molar-refractivity contribution < 1.29 is 9.53 Å². The SMILES string of the molecule is O=C(CCOc1ccccc1Cl)NCC1CNC1. The summed E-state index contributed by atoms with van der Waals surface area (Å²) in [6, 6.07) is 7.25. The fourth-order valence-corrected chi connectivity index (χ4v) is 1.85. The van der Waals surface area contributed by atoms with E-state index in [2.05, 4.69) is 10.6 Å². The average Bonchev–Trinajstić information content (AvgIpc) is 2.30. The number of amides is 1. The smallest absolute Gasteiger partial charge is 0.223 e. The minimum atomic E-state index is 0.0222. The standard InChI is InChI=1S/C13H17ClN2O2/c14-11-3-1-2-4-12(11)18-6-5-13(17)16-9-10-7-15-8-10/h1-4,10,15H,5-9H2,(H,16,17). The van der Waals surface area contributed by atoms with Crippen LogP contribution in [0.4, 0.5) is 0 Å². The quantitative estimate of drug-likeness (QED) is 0.821. The van der Waals surface area contributed by atoms with Gasteiger partial charge in [0.1, 0.15) is 5.75 Å². The third-order valence-corrected chi connectivity index (χ3v) is 3.19. The fourth-order valence-electron chi connectivity index (χ4n) is 1.65. The number of carbonyl (C=O) groups excluding carboxylic acids is 1. The number of ether oxygens (including phenoxy) is 1. The van der Waals surface area contributed by atoms with Gasteiger partial charge in [-0.2, -0.15) is 0 Å². The number of halogens is 1. The highest BCUT2D eigenvalue weighted by molar-refractivity contribution is 6.32. The predicted octanol–water partition coefficient (Wildman–Crippen LogP) is 1.44. The van der Waals surface area contributed by atoms with Gasteiger partial charge in [-0.15, -0.1) is 0 Å². The van der Waals surface area contributed by atoms with E-state index >= 15 is 0 Å². The van der Waals surface area contributed by atoms with Crippen LogP contribution in [-0.4, -0.2) is 32.1 Å². The van der Waals surface area contributed by atoms with Crippen LogP contribution in [0.15, 0.2) is 24.3 Å². The molecule has 0 aromatic heterocycles. The molecular weight excluding hydrogens is 252 g/mol. The second-order valence-corrected chi connectivity index (χ2v) is 4.76. The molecule has 2 rings (SSSR count). The van der Waals surface area contributed by atoms with E-state index in [0.717, 1.165) is 19.6 Å². The summed E-state index contributed by atoms with van der Waals surface area (Å²) < 4.78 is 5.45. The normalized spacial score (nSPS) is 14.9. The van der Waals surface area contributed by atoms with Crippen molar-refractivity contribution in [2.75, 3.05) is 26.2 Å². The number of nitrogens with one attached hydrogen (secondary N) is 2. The molecule has 5 heteroatoms. The summed E-state index contributed by atoms with van der Waals surface area (Å²) in [4.78, 5) is 11.5. The first kappa shape index (κ1) is 13.2. The maximum absolute atomic E-state index is 11.5. The molecular formula is C13H17ClN2O2. The Kier molecular flexibility index (Phi) is 4.84. The lowest BCUT2D eigenvalue weighted by molar-refractivity contribution is -0.121. The fraction of sp³-hybridized carbons (Fsp3) is 0.462. The van der Waals surface area contributed by atoms with Gasteiger partial charge in [0.05, 0.1) is 18.1 Å². The lowest BCUT2D eigenvalue weighted by Gasteiger charge is -2.27. The van der Waals surface area contributed by atoms with Crippen molar-refractivity contribution in [3.63, 3.8) is 0 Å². The largest absolute Gasteiger partial charge is 0.491 e. The molecule has 0 bridgehead atoms. The van der Waals surface area contributed by atoms with E-state index in [4.69, 9.17) is 16.3 Å². The topological polar surface area (TPSA) is 50.4 Å². The summed E-state index contributed by atoms with van der Waals surface area (Å²) in [5, 5.41) is 6.63. The molecule has 0 saturated carbocycles. The third kappa shape index (κ3) is 3.89. The van der Waals surface area contributed by atoms with Gasteiger partial charge in [-0.3, -0.25) is 4.79 Å². The molecule has 98 valence electrons. The van der Waals surface area contributed by atoms with Crippen molar-refractivity contribution >= 4 is 17.5 Å². The van der Waals surface area contributed by atoms with Gasteiger partial charge >= 0.3 is 0 Å². The molecule has 0 unspecified atom stereocenters. The molecule has 1 amide bonds. The van der Waals surface area contributed by atoms with E-state index in [1.54, 1.807) is 12.1 Å². The van der Waals surface area contributed by atoms with E-state index in [0.29, 0.717) is 29.7 Å². The maximum Gasteiger partial charge on any atom is 0.223 e. The van der Waals surface area contributed by atoms with Gasteiger partial charge in [-0.05, 0) is 12.1 Å². The zero-order chi connectivity index (χ0) is 12.8. The second-order valence-electron chi connectivity index (χ2n) is 4.36. The third-order valence-electron chi connectivity index (χ3n) is 2.88. The lowest BCUT2D eigenvalue weighted by atomic mass is 10.0. The number of hydrogen-bond donors (Lipinski definition) is 2. The van der Waals surface area contributed by atoms with Crippen LogP contribution in [0.2, 0.25) is 5.02 Å². The molecule has 18 heavy (non-hydrogen) atoms. The molecule has 1 aliphatic heterocycles. The number of rotatable bonds is 6. The Bertz CT molecular complexity index is 408. The predicted molar refractivity (Wildman–Crippen MR) is 70.9 cm³/mol. The second kappa shape index (κ2) is 6.61. The van der Waals surface area contributed by atoms with E-state index in [1.807, 2.05) is 12.1 Å². The van der Waals surface area contributed by atoms with E-state index in [-0.39, 0.29) is 5.91 Å². The summed E-state index contributed by atoms with van der Waals surface area (Å²) in [5.74, 6) is 1.22. The Morgan fingerprint density at radius 3 is 2.89 bits per heavy atom. The first-order valence-electron chi connectivity index (χ1n) is 6.10. The zero-order valence-electron chi connectivity index (χ0n) is 10.1. The lowest BCUT2D eigenvalue weighted by Crippen LogP contribution is -2.48. The van der Waals surface area contributed by atoms with Crippen LogP contribution >= 0.6 is 11.6 Å². The summed E-state index contributed by atoms with van der Waals surface area (Å²) >= 11 is 5.94. The Labute approximate surface area is 112 Å². The van der Waals surface area contributed by atoms with E-state index < -0.39 is 0 Å². The molecule has 1 aromatic rings. The van der Waals surface area contributed by atoms with Crippen LogP contribution in [0.5, 0.6) is 5.75 Å². The van der Waals surface area contributed by atoms with Crippen LogP contribution in [0.3, 0.4) is 0 Å². The molecule has 0 atom stereocenters. The van der Waals surface area contributed by atoms with Crippen LogP contribution in [0.25, 0.3) is 0 Å². The maximum atomic E-state index is 11.5. The van der Waals surface area contributed by atoms with Crippen molar-refractivity contribution in [1.29, 1.82) is 0 Å². The highest BCUT2D eigenvalue weighted by Gasteiger charge is 2.16. The van der Waals surface area contributed by atoms with E-state index in [1.165, 1.54) is 0 Å². The van der Waals surface area contributed by atoms with Gasteiger partial charge in [-0.25, -0.2) is 0 Å². The number of carbonyl (C=O) groups is 1. The molecule has 0 radical (unpaired) electrons. The van der Waals surface area contributed by atoms with Gasteiger partial charge < -0.3 is 15.4 Å². The first-order chi connectivity index (χ1) is 8.75. The van der Waals surface area contributed by atoms with Gasteiger partial charge in [0, 0.05) is 25.6 Å². The van der Waals surface area contributed by atoms with Crippen molar-refractivity contribution in [1.82, 2.24) is 10.6 Å². The van der Waals surface area contributed by atoms with Crippen molar-refractivity contribution in [2.45, 2.75) is 6.42 Å². The van der Waals surface area contributed by atoms with Crippen molar-refractivity contribution in [3.8, 4) is 5.75 Å². The molecule has 1 heterocycles. The molecule has 1 aliphatic rings. The number of benzene rings is 1. The summed E-state index contributed by atoms with van der Waals surface area (Å²) in [6.07, 6.45) is 0.353. The minimum Gasteiger partial charge on any atom is -0.491 e. The van der Waals surface area contributed by atoms with Gasteiger partial charge in [-0.1, -0.05) is 23.7 Å². The first-order valence-corrected chi connectivity index (χ1v) is 6.48. The van der Waals surface area contributed by atoms with E-state index in [9.17, 15) is 4.79 Å². The molecule has 2 N–H and O–H groups in total. The van der Waals surface area contributed by atoms with Crippen molar-refractivity contribution in [3.05, 3.63) is 29.3 Å². The molecule has 0 spiro atoms. The summed E-state index contributed by atoms with van der Waals surface area (Å²) in [5.41, 5.74) is 0. The molecule has 4 nitrogen and oxygen atoms in total. The highest BCUT2D eigenvalue weighted by Crippen LogP contribution is 2.22. The Balaban J connectivity index is 1.62. The Hall–Kier alpha value is -1.26.